The Bertz CT molecular complexity index is 225. The Kier molecular flexibility index (Phi) is 6.52. The van der Waals surface area contributed by atoms with E-state index in [1.807, 2.05) is 13.8 Å². The van der Waals surface area contributed by atoms with Crippen molar-refractivity contribution in [3.05, 3.63) is 0 Å². The fourth-order valence-corrected chi connectivity index (χ4v) is 2.40. The number of rotatable bonds is 6. The molecule has 4 nitrogen and oxygen atoms in total. The molecule has 1 aliphatic rings. The maximum absolute atomic E-state index is 11.7. The first-order chi connectivity index (χ1) is 8.13. The van der Waals surface area contributed by atoms with Gasteiger partial charge in [-0.3, -0.25) is 4.79 Å². The van der Waals surface area contributed by atoms with Gasteiger partial charge in [-0.25, -0.2) is 0 Å². The molecular weight excluding hydrogens is 216 g/mol. The van der Waals surface area contributed by atoms with Gasteiger partial charge in [-0.15, -0.1) is 0 Å². The first kappa shape index (κ1) is 14.5. The summed E-state index contributed by atoms with van der Waals surface area (Å²) in [4.78, 5) is 11.7. The zero-order valence-corrected chi connectivity index (χ0v) is 11.1. The van der Waals surface area contributed by atoms with Gasteiger partial charge >= 0.3 is 0 Å². The van der Waals surface area contributed by atoms with Crippen molar-refractivity contribution in [1.82, 2.24) is 5.32 Å². The normalized spacial score (nSPS) is 19.3. The molecule has 0 aromatic carbocycles. The van der Waals surface area contributed by atoms with Crippen LogP contribution in [0, 0.1) is 5.92 Å². The van der Waals surface area contributed by atoms with E-state index in [0.717, 1.165) is 0 Å². The molecule has 4 heteroatoms. The van der Waals surface area contributed by atoms with Crippen molar-refractivity contribution in [3.63, 3.8) is 0 Å². The lowest BCUT2D eigenvalue weighted by Gasteiger charge is -2.30. The molecule has 1 atom stereocenters. The molecule has 100 valence electrons. The average molecular weight is 242 g/mol. The topological polar surface area (TPSA) is 64.3 Å². The third-order valence-corrected chi connectivity index (χ3v) is 3.37. The van der Waals surface area contributed by atoms with Crippen LogP contribution in [-0.4, -0.2) is 31.2 Å². The minimum absolute atomic E-state index is 0.0419. The molecule has 1 fully saturated rings. The Labute approximate surface area is 104 Å². The Hall–Kier alpha value is -0.610. The lowest BCUT2D eigenvalue weighted by Crippen LogP contribution is -2.47. The highest BCUT2D eigenvalue weighted by molar-refractivity contribution is 5.77. The van der Waals surface area contributed by atoms with Crippen LogP contribution in [0.5, 0.6) is 0 Å². The third kappa shape index (κ3) is 5.50. The van der Waals surface area contributed by atoms with Gasteiger partial charge in [-0.2, -0.15) is 0 Å². The zero-order valence-electron chi connectivity index (χ0n) is 11.1. The number of hydrogen-bond acceptors (Lipinski definition) is 3. The molecule has 3 N–H and O–H groups in total. The molecule has 0 radical (unpaired) electrons. The maximum atomic E-state index is 11.7. The Morgan fingerprint density at radius 3 is 2.53 bits per heavy atom. The SMILES string of the molecule is CC(C)OCC(=O)NC(CN)C1CCCCC1. The van der Waals surface area contributed by atoms with Crippen LogP contribution < -0.4 is 11.1 Å². The van der Waals surface area contributed by atoms with E-state index in [1.54, 1.807) is 0 Å². The molecule has 1 saturated carbocycles. The van der Waals surface area contributed by atoms with Crippen molar-refractivity contribution in [2.45, 2.75) is 58.1 Å². The molecular formula is C13H26N2O2. The van der Waals surface area contributed by atoms with Crippen LogP contribution in [0.4, 0.5) is 0 Å². The monoisotopic (exact) mass is 242 g/mol. The quantitative estimate of drug-likeness (QED) is 0.740. The van der Waals surface area contributed by atoms with E-state index in [0.29, 0.717) is 12.5 Å². The van der Waals surface area contributed by atoms with Gasteiger partial charge in [-0.05, 0) is 32.6 Å². The summed E-state index contributed by atoms with van der Waals surface area (Å²) in [7, 11) is 0. The van der Waals surface area contributed by atoms with E-state index in [2.05, 4.69) is 5.32 Å². The van der Waals surface area contributed by atoms with Crippen LogP contribution in [0.1, 0.15) is 46.0 Å². The van der Waals surface area contributed by atoms with Crippen molar-refractivity contribution in [2.24, 2.45) is 11.7 Å². The van der Waals surface area contributed by atoms with E-state index < -0.39 is 0 Å². The van der Waals surface area contributed by atoms with Crippen molar-refractivity contribution in [2.75, 3.05) is 13.2 Å². The molecule has 1 rings (SSSR count). The average Bonchev–Trinajstić information content (AvgIpc) is 2.34. The van der Waals surface area contributed by atoms with Crippen LogP contribution in [-0.2, 0) is 9.53 Å². The molecule has 0 aromatic rings. The number of amides is 1. The molecule has 0 aromatic heterocycles. The van der Waals surface area contributed by atoms with Crippen LogP contribution >= 0.6 is 0 Å². The van der Waals surface area contributed by atoms with Gasteiger partial charge in [0.05, 0.1) is 6.10 Å². The highest BCUT2D eigenvalue weighted by Crippen LogP contribution is 2.26. The largest absolute Gasteiger partial charge is 0.369 e. The van der Waals surface area contributed by atoms with E-state index >= 15 is 0 Å². The molecule has 0 aliphatic heterocycles. The number of ether oxygens (including phenoxy) is 1. The number of nitrogens with two attached hydrogens (primary N) is 1. The molecule has 0 bridgehead atoms. The minimum Gasteiger partial charge on any atom is -0.369 e. The second kappa shape index (κ2) is 7.67. The summed E-state index contributed by atoms with van der Waals surface area (Å²) in [6.07, 6.45) is 6.31. The van der Waals surface area contributed by atoms with Gasteiger partial charge in [0, 0.05) is 12.6 Å². The van der Waals surface area contributed by atoms with Gasteiger partial charge in [0.25, 0.3) is 0 Å². The Balaban J connectivity index is 2.32. The Morgan fingerprint density at radius 2 is 2.00 bits per heavy atom. The minimum atomic E-state index is -0.0419. The molecule has 17 heavy (non-hydrogen) atoms. The fraction of sp³-hybridized carbons (Fsp3) is 0.923. The zero-order chi connectivity index (χ0) is 12.7. The molecule has 0 spiro atoms. The third-order valence-electron chi connectivity index (χ3n) is 3.37. The van der Waals surface area contributed by atoms with Gasteiger partial charge in [0.15, 0.2) is 0 Å². The maximum Gasteiger partial charge on any atom is 0.246 e. The van der Waals surface area contributed by atoms with Crippen molar-refractivity contribution < 1.29 is 9.53 Å². The first-order valence-electron chi connectivity index (χ1n) is 6.74. The molecule has 0 heterocycles. The van der Waals surface area contributed by atoms with Gasteiger partial charge in [0.1, 0.15) is 6.61 Å². The van der Waals surface area contributed by atoms with Crippen molar-refractivity contribution in [3.8, 4) is 0 Å². The highest BCUT2D eigenvalue weighted by Gasteiger charge is 2.23. The van der Waals surface area contributed by atoms with Gasteiger partial charge in [0.2, 0.25) is 5.91 Å². The first-order valence-corrected chi connectivity index (χ1v) is 6.74. The summed E-state index contributed by atoms with van der Waals surface area (Å²) in [6.45, 7) is 4.52. The smallest absolute Gasteiger partial charge is 0.246 e. The van der Waals surface area contributed by atoms with Gasteiger partial charge < -0.3 is 15.8 Å². The predicted octanol–water partition coefficient (Wildman–Crippen LogP) is 1.44. The van der Waals surface area contributed by atoms with E-state index in [4.69, 9.17) is 10.5 Å². The fourth-order valence-electron chi connectivity index (χ4n) is 2.40. The number of carbonyl (C=O) groups is 1. The second-order valence-electron chi connectivity index (χ2n) is 5.17. The summed E-state index contributed by atoms with van der Waals surface area (Å²) < 4.78 is 5.28. The number of nitrogens with one attached hydrogen (secondary N) is 1. The second-order valence-corrected chi connectivity index (χ2v) is 5.17. The van der Waals surface area contributed by atoms with E-state index in [1.165, 1.54) is 32.1 Å². The molecule has 1 unspecified atom stereocenters. The summed E-state index contributed by atoms with van der Waals surface area (Å²) in [6, 6.07) is 0.124. The summed E-state index contributed by atoms with van der Waals surface area (Å²) in [5, 5.41) is 3.00. The molecule has 0 saturated heterocycles. The van der Waals surface area contributed by atoms with E-state index in [9.17, 15) is 4.79 Å². The van der Waals surface area contributed by atoms with Crippen LogP contribution in [0.3, 0.4) is 0 Å². The van der Waals surface area contributed by atoms with E-state index in [-0.39, 0.29) is 24.7 Å². The van der Waals surface area contributed by atoms with Crippen molar-refractivity contribution >= 4 is 5.91 Å². The lowest BCUT2D eigenvalue weighted by molar-refractivity contribution is -0.128. The summed E-state index contributed by atoms with van der Waals surface area (Å²) in [5.74, 6) is 0.511. The molecule has 1 amide bonds. The number of carbonyl (C=O) groups excluding carboxylic acids is 1. The van der Waals surface area contributed by atoms with Crippen molar-refractivity contribution in [1.29, 1.82) is 0 Å². The lowest BCUT2D eigenvalue weighted by atomic mass is 9.84. The Morgan fingerprint density at radius 1 is 1.35 bits per heavy atom. The highest BCUT2D eigenvalue weighted by atomic mass is 16.5. The van der Waals surface area contributed by atoms with Crippen LogP contribution in [0.25, 0.3) is 0 Å². The van der Waals surface area contributed by atoms with Crippen LogP contribution in [0.15, 0.2) is 0 Å². The predicted molar refractivity (Wildman–Crippen MR) is 68.6 cm³/mol. The molecule has 1 aliphatic carbocycles. The van der Waals surface area contributed by atoms with Gasteiger partial charge in [-0.1, -0.05) is 19.3 Å². The standard InChI is InChI=1S/C13H26N2O2/c1-10(2)17-9-13(16)15-12(8-14)11-6-4-3-5-7-11/h10-12H,3-9,14H2,1-2H3,(H,15,16). The number of hydrogen-bond donors (Lipinski definition) is 2. The summed E-state index contributed by atoms with van der Waals surface area (Å²) >= 11 is 0. The van der Waals surface area contributed by atoms with Crippen LogP contribution in [0.2, 0.25) is 0 Å². The summed E-state index contributed by atoms with van der Waals surface area (Å²) in [5.41, 5.74) is 5.75.